The lowest BCUT2D eigenvalue weighted by molar-refractivity contribution is -0.141. The minimum atomic E-state index is -4.71. The van der Waals surface area contributed by atoms with Crippen LogP contribution in [0.5, 0.6) is 0 Å². The van der Waals surface area contributed by atoms with Crippen molar-refractivity contribution in [2.45, 2.75) is 44.3 Å². The van der Waals surface area contributed by atoms with Gasteiger partial charge in [0.05, 0.1) is 10.6 Å². The molecule has 39 heavy (non-hydrogen) atoms. The number of carbonyl (C=O) groups excluding carboxylic acids is 3. The summed E-state index contributed by atoms with van der Waals surface area (Å²) in [6.07, 6.45) is -3.19. The smallest absolute Gasteiger partial charge is 0.343 e. The summed E-state index contributed by atoms with van der Waals surface area (Å²) in [5, 5.41) is -0.494. The number of likely N-dealkylation sites (tertiary alicyclic amines) is 2. The largest absolute Gasteiger partial charge is 0.417 e. The number of carbonyl (C=O) groups is 3. The SMILES string of the molecule is CC(=O)N1CCC(C(=O)N2CCC(N(C)C(=O)c3ccc(Cl)c(C(F)(F)F)c3)C(c3ccc(F)cc3)C2)CC1. The van der Waals surface area contributed by atoms with Gasteiger partial charge in [0.15, 0.2) is 0 Å². The summed E-state index contributed by atoms with van der Waals surface area (Å²) in [5.74, 6) is -1.68. The molecule has 11 heteroatoms. The number of likely N-dealkylation sites (N-methyl/N-ethyl adjacent to an activating group) is 1. The van der Waals surface area contributed by atoms with Crippen molar-refractivity contribution in [1.82, 2.24) is 14.7 Å². The van der Waals surface area contributed by atoms with E-state index >= 15 is 0 Å². The normalized spacial score (nSPS) is 20.6. The number of alkyl halides is 3. The quantitative estimate of drug-likeness (QED) is 0.477. The van der Waals surface area contributed by atoms with Crippen molar-refractivity contribution in [1.29, 1.82) is 0 Å². The molecule has 4 rings (SSSR count). The monoisotopic (exact) mass is 567 g/mol. The Morgan fingerprint density at radius 1 is 0.949 bits per heavy atom. The van der Waals surface area contributed by atoms with Gasteiger partial charge in [0.25, 0.3) is 5.91 Å². The summed E-state index contributed by atoms with van der Waals surface area (Å²) in [4.78, 5) is 43.3. The highest BCUT2D eigenvalue weighted by molar-refractivity contribution is 6.31. The third-order valence-corrected chi connectivity index (χ3v) is 8.14. The molecule has 0 aliphatic carbocycles. The van der Waals surface area contributed by atoms with E-state index < -0.39 is 34.5 Å². The molecule has 0 aromatic heterocycles. The van der Waals surface area contributed by atoms with Gasteiger partial charge in [0.1, 0.15) is 5.82 Å². The number of nitrogens with zero attached hydrogens (tertiary/aromatic N) is 3. The van der Waals surface area contributed by atoms with Crippen LogP contribution in [0.4, 0.5) is 17.6 Å². The van der Waals surface area contributed by atoms with Gasteiger partial charge < -0.3 is 14.7 Å². The van der Waals surface area contributed by atoms with E-state index in [9.17, 15) is 31.9 Å². The Kier molecular flexibility index (Phi) is 8.54. The molecule has 2 aliphatic rings. The first-order chi connectivity index (χ1) is 18.4. The highest BCUT2D eigenvalue weighted by Gasteiger charge is 2.40. The Morgan fingerprint density at radius 3 is 2.15 bits per heavy atom. The Morgan fingerprint density at radius 2 is 1.56 bits per heavy atom. The Balaban J connectivity index is 1.56. The average Bonchev–Trinajstić information content (AvgIpc) is 2.91. The molecule has 0 saturated carbocycles. The first kappa shape index (κ1) is 28.9. The molecule has 0 radical (unpaired) electrons. The zero-order valence-corrected chi connectivity index (χ0v) is 22.4. The molecular weight excluding hydrogens is 538 g/mol. The van der Waals surface area contributed by atoms with E-state index in [0.29, 0.717) is 38.9 Å². The second kappa shape index (κ2) is 11.5. The Hall–Kier alpha value is -3.14. The van der Waals surface area contributed by atoms with E-state index in [1.54, 1.807) is 21.9 Å². The van der Waals surface area contributed by atoms with E-state index in [4.69, 9.17) is 11.6 Å². The predicted molar refractivity (Wildman–Crippen MR) is 138 cm³/mol. The van der Waals surface area contributed by atoms with Crippen molar-refractivity contribution in [2.75, 3.05) is 33.2 Å². The van der Waals surface area contributed by atoms with Gasteiger partial charge in [0.2, 0.25) is 11.8 Å². The fourth-order valence-electron chi connectivity index (χ4n) is 5.57. The van der Waals surface area contributed by atoms with Crippen molar-refractivity contribution in [3.63, 3.8) is 0 Å². The zero-order valence-electron chi connectivity index (χ0n) is 21.7. The minimum absolute atomic E-state index is 0.0196. The van der Waals surface area contributed by atoms with Crippen molar-refractivity contribution in [3.05, 3.63) is 70.0 Å². The van der Waals surface area contributed by atoms with Gasteiger partial charge in [-0.3, -0.25) is 14.4 Å². The first-order valence-electron chi connectivity index (χ1n) is 12.8. The van der Waals surface area contributed by atoms with Crippen LogP contribution in [-0.4, -0.2) is 71.7 Å². The molecule has 2 heterocycles. The van der Waals surface area contributed by atoms with Crippen molar-refractivity contribution < 1.29 is 31.9 Å². The standard InChI is InChI=1S/C28H30ClF4N3O3/c1-17(37)35-12-9-19(10-13-35)27(39)36-14-11-25(22(16-36)18-3-6-21(30)7-4-18)34(2)26(38)20-5-8-24(29)23(15-20)28(31,32)33/h3-8,15,19,22,25H,9-14,16H2,1-2H3. The fraction of sp³-hybridized carbons (Fsp3) is 0.464. The van der Waals surface area contributed by atoms with E-state index in [1.165, 1.54) is 37.1 Å². The second-order valence-electron chi connectivity index (χ2n) is 10.2. The van der Waals surface area contributed by atoms with Crippen LogP contribution in [0.3, 0.4) is 0 Å². The number of rotatable bonds is 4. The van der Waals surface area contributed by atoms with Crippen LogP contribution in [0, 0.1) is 11.7 Å². The molecule has 210 valence electrons. The minimum Gasteiger partial charge on any atom is -0.343 e. The fourth-order valence-corrected chi connectivity index (χ4v) is 5.79. The van der Waals surface area contributed by atoms with Gasteiger partial charge in [-0.25, -0.2) is 4.39 Å². The van der Waals surface area contributed by atoms with Crippen LogP contribution >= 0.6 is 11.6 Å². The van der Waals surface area contributed by atoms with Crippen LogP contribution in [0.1, 0.15) is 53.6 Å². The van der Waals surface area contributed by atoms with E-state index in [0.717, 1.165) is 17.7 Å². The molecule has 2 aromatic carbocycles. The Bertz CT molecular complexity index is 1230. The lowest BCUT2D eigenvalue weighted by Gasteiger charge is -2.44. The van der Waals surface area contributed by atoms with Gasteiger partial charge in [-0.1, -0.05) is 23.7 Å². The summed E-state index contributed by atoms with van der Waals surface area (Å²) in [5.41, 5.74) is -0.519. The van der Waals surface area contributed by atoms with Gasteiger partial charge in [-0.2, -0.15) is 13.2 Å². The van der Waals surface area contributed by atoms with Crippen molar-refractivity contribution in [3.8, 4) is 0 Å². The summed E-state index contributed by atoms with van der Waals surface area (Å²) in [6, 6.07) is 8.44. The molecule has 2 aliphatic heterocycles. The third-order valence-electron chi connectivity index (χ3n) is 7.81. The lowest BCUT2D eigenvalue weighted by Crippen LogP contribution is -2.53. The first-order valence-corrected chi connectivity index (χ1v) is 13.2. The maximum absolute atomic E-state index is 13.7. The van der Waals surface area contributed by atoms with E-state index in [2.05, 4.69) is 0 Å². The van der Waals surface area contributed by atoms with Gasteiger partial charge in [-0.15, -0.1) is 0 Å². The molecule has 2 aromatic rings. The number of amides is 3. The average molecular weight is 568 g/mol. The molecule has 0 N–H and O–H groups in total. The van der Waals surface area contributed by atoms with Crippen molar-refractivity contribution >= 4 is 29.3 Å². The summed E-state index contributed by atoms with van der Waals surface area (Å²) in [6.45, 7) is 3.17. The number of hydrogen-bond donors (Lipinski definition) is 0. The van der Waals surface area contributed by atoms with Crippen molar-refractivity contribution in [2.24, 2.45) is 5.92 Å². The molecule has 6 nitrogen and oxygen atoms in total. The molecule has 0 bridgehead atoms. The molecule has 2 saturated heterocycles. The van der Waals surface area contributed by atoms with Crippen LogP contribution in [-0.2, 0) is 15.8 Å². The van der Waals surface area contributed by atoms with Crippen LogP contribution in [0.25, 0.3) is 0 Å². The zero-order chi connectivity index (χ0) is 28.5. The van der Waals surface area contributed by atoms with E-state index in [-0.39, 0.29) is 35.8 Å². The number of benzene rings is 2. The van der Waals surface area contributed by atoms with E-state index in [1.807, 2.05) is 0 Å². The molecular formula is C28H30ClF4N3O3. The summed E-state index contributed by atoms with van der Waals surface area (Å²) >= 11 is 5.73. The lowest BCUT2D eigenvalue weighted by atomic mass is 9.83. The Labute approximate surface area is 229 Å². The molecule has 0 spiro atoms. The topological polar surface area (TPSA) is 60.9 Å². The molecule has 2 fully saturated rings. The van der Waals surface area contributed by atoms with Gasteiger partial charge in [-0.05, 0) is 55.2 Å². The second-order valence-corrected chi connectivity index (χ2v) is 10.6. The van der Waals surface area contributed by atoms with Crippen LogP contribution < -0.4 is 0 Å². The number of halogens is 5. The van der Waals surface area contributed by atoms with Crippen LogP contribution in [0.15, 0.2) is 42.5 Å². The molecule has 2 atom stereocenters. The highest BCUT2D eigenvalue weighted by Crippen LogP contribution is 2.37. The predicted octanol–water partition coefficient (Wildman–Crippen LogP) is 5.21. The highest BCUT2D eigenvalue weighted by atomic mass is 35.5. The number of hydrogen-bond acceptors (Lipinski definition) is 3. The van der Waals surface area contributed by atoms with Crippen LogP contribution in [0.2, 0.25) is 5.02 Å². The molecule has 3 amide bonds. The van der Waals surface area contributed by atoms with Gasteiger partial charge >= 0.3 is 6.18 Å². The van der Waals surface area contributed by atoms with Gasteiger partial charge in [0, 0.05) is 63.6 Å². The summed E-state index contributed by atoms with van der Waals surface area (Å²) < 4.78 is 53.9. The maximum Gasteiger partial charge on any atom is 0.417 e. The maximum atomic E-state index is 13.7. The number of piperidine rings is 2. The summed E-state index contributed by atoms with van der Waals surface area (Å²) in [7, 11) is 1.53. The third kappa shape index (κ3) is 6.37. The molecule has 2 unspecified atom stereocenters.